The molecule has 3 aromatic rings. The van der Waals surface area contributed by atoms with Gasteiger partial charge < -0.3 is 10.1 Å². The molecule has 26 heavy (non-hydrogen) atoms. The second kappa shape index (κ2) is 7.82. The zero-order valence-electron chi connectivity index (χ0n) is 14.8. The number of rotatable bonds is 6. The summed E-state index contributed by atoms with van der Waals surface area (Å²) < 4.78 is 5.12. The lowest BCUT2D eigenvalue weighted by atomic mass is 10.0. The molecule has 0 aliphatic heterocycles. The molecular formula is C20H21N3O3. The van der Waals surface area contributed by atoms with Gasteiger partial charge in [0.05, 0.1) is 11.6 Å². The third kappa shape index (κ3) is 3.91. The lowest BCUT2D eigenvalue weighted by Crippen LogP contribution is -2.32. The number of nitrogens with one attached hydrogen (secondary N) is 2. The number of aromatic amines is 1. The third-order valence-corrected chi connectivity index (χ3v) is 4.22. The average Bonchev–Trinajstić information content (AvgIpc) is 3.09. The van der Waals surface area contributed by atoms with E-state index < -0.39 is 5.97 Å². The van der Waals surface area contributed by atoms with Crippen molar-refractivity contribution in [1.82, 2.24) is 15.5 Å². The highest BCUT2D eigenvalue weighted by molar-refractivity contribution is 6.02. The van der Waals surface area contributed by atoms with Crippen LogP contribution in [0.2, 0.25) is 0 Å². The molecule has 0 aliphatic rings. The molecule has 0 unspecified atom stereocenters. The molecule has 6 heteroatoms. The minimum Gasteiger partial charge on any atom is -0.451 e. The zero-order chi connectivity index (χ0) is 18.5. The van der Waals surface area contributed by atoms with Crippen molar-refractivity contribution in [2.75, 3.05) is 6.61 Å². The average molecular weight is 351 g/mol. The van der Waals surface area contributed by atoms with Crippen molar-refractivity contribution in [2.45, 2.75) is 26.3 Å². The first-order valence-electron chi connectivity index (χ1n) is 8.54. The van der Waals surface area contributed by atoms with E-state index in [1.54, 1.807) is 6.07 Å². The lowest BCUT2D eigenvalue weighted by molar-refractivity contribution is -0.125. The molecule has 134 valence electrons. The molecule has 2 aromatic carbocycles. The number of carbonyl (C=O) groups is 2. The number of hydrogen-bond donors (Lipinski definition) is 2. The van der Waals surface area contributed by atoms with E-state index in [-0.39, 0.29) is 24.2 Å². The summed E-state index contributed by atoms with van der Waals surface area (Å²) in [6, 6.07) is 15.1. The number of esters is 1. The fourth-order valence-electron chi connectivity index (χ4n) is 2.77. The van der Waals surface area contributed by atoms with E-state index in [2.05, 4.69) is 15.5 Å². The summed E-state index contributed by atoms with van der Waals surface area (Å²) in [5, 5.41) is 10.3. The normalized spacial score (nSPS) is 11.9. The molecule has 1 amide bonds. The van der Waals surface area contributed by atoms with E-state index in [0.717, 1.165) is 23.1 Å². The number of ether oxygens (including phenoxy) is 1. The van der Waals surface area contributed by atoms with Gasteiger partial charge in [0.25, 0.3) is 5.91 Å². The van der Waals surface area contributed by atoms with E-state index in [1.165, 1.54) is 0 Å². The van der Waals surface area contributed by atoms with E-state index >= 15 is 0 Å². The molecule has 0 bridgehead atoms. The fraction of sp³-hybridized carbons (Fsp3) is 0.250. The Bertz CT molecular complexity index is 915. The summed E-state index contributed by atoms with van der Waals surface area (Å²) in [4.78, 5) is 24.4. The third-order valence-electron chi connectivity index (χ3n) is 4.22. The van der Waals surface area contributed by atoms with Crippen molar-refractivity contribution in [3.05, 3.63) is 65.4 Å². The van der Waals surface area contributed by atoms with Crippen LogP contribution < -0.4 is 5.32 Å². The summed E-state index contributed by atoms with van der Waals surface area (Å²) >= 11 is 0. The molecular weight excluding hydrogens is 330 g/mol. The van der Waals surface area contributed by atoms with E-state index in [4.69, 9.17) is 4.74 Å². The van der Waals surface area contributed by atoms with Gasteiger partial charge in [0.15, 0.2) is 12.3 Å². The summed E-state index contributed by atoms with van der Waals surface area (Å²) in [7, 11) is 0. The van der Waals surface area contributed by atoms with Crippen LogP contribution in [0.3, 0.4) is 0 Å². The topological polar surface area (TPSA) is 84.1 Å². The Labute approximate surface area is 151 Å². The molecule has 3 rings (SSSR count). The van der Waals surface area contributed by atoms with Gasteiger partial charge in [-0.05, 0) is 25.0 Å². The van der Waals surface area contributed by atoms with Crippen LogP contribution in [0.15, 0.2) is 48.5 Å². The fourth-order valence-corrected chi connectivity index (χ4v) is 2.77. The Morgan fingerprint density at radius 3 is 2.62 bits per heavy atom. The molecule has 0 radical (unpaired) electrons. The van der Waals surface area contributed by atoms with Gasteiger partial charge in [-0.3, -0.25) is 9.89 Å². The van der Waals surface area contributed by atoms with E-state index in [0.29, 0.717) is 5.39 Å². The Hall–Kier alpha value is -3.15. The molecule has 0 aliphatic carbocycles. The number of para-hydroxylation sites is 1. The monoisotopic (exact) mass is 351 g/mol. The van der Waals surface area contributed by atoms with Crippen LogP contribution in [-0.2, 0) is 9.53 Å². The van der Waals surface area contributed by atoms with Crippen LogP contribution in [0.4, 0.5) is 0 Å². The quantitative estimate of drug-likeness (QED) is 0.668. The molecule has 6 nitrogen and oxygen atoms in total. The lowest BCUT2D eigenvalue weighted by Gasteiger charge is -2.17. The minimum atomic E-state index is -0.624. The molecule has 2 N–H and O–H groups in total. The summed E-state index contributed by atoms with van der Waals surface area (Å²) in [5.74, 6) is -0.966. The number of hydrogen-bond acceptors (Lipinski definition) is 4. The van der Waals surface area contributed by atoms with Gasteiger partial charge >= 0.3 is 5.97 Å². The van der Waals surface area contributed by atoms with Crippen molar-refractivity contribution in [2.24, 2.45) is 0 Å². The number of aromatic nitrogens is 2. The van der Waals surface area contributed by atoms with Crippen LogP contribution >= 0.6 is 0 Å². The molecule has 0 spiro atoms. The van der Waals surface area contributed by atoms with Crippen LogP contribution in [-0.4, -0.2) is 28.7 Å². The van der Waals surface area contributed by atoms with Crippen molar-refractivity contribution in [3.63, 3.8) is 0 Å². The molecule has 0 fully saturated rings. The van der Waals surface area contributed by atoms with Gasteiger partial charge in [0, 0.05) is 5.39 Å². The van der Waals surface area contributed by atoms with Gasteiger partial charge in [0.2, 0.25) is 0 Å². The maximum absolute atomic E-state index is 12.2. The smallest absolute Gasteiger partial charge is 0.359 e. The predicted molar refractivity (Wildman–Crippen MR) is 98.7 cm³/mol. The Balaban J connectivity index is 1.59. The number of nitrogens with zero attached hydrogens (tertiary/aromatic N) is 1. The second-order valence-electron chi connectivity index (χ2n) is 6.13. The summed E-state index contributed by atoms with van der Waals surface area (Å²) in [6.07, 6.45) is 0.743. The highest BCUT2D eigenvalue weighted by atomic mass is 16.5. The maximum Gasteiger partial charge on any atom is 0.359 e. The summed E-state index contributed by atoms with van der Waals surface area (Å²) in [5.41, 5.74) is 3.11. The number of carbonyl (C=O) groups excluding carboxylic acids is 2. The van der Waals surface area contributed by atoms with Crippen LogP contribution in [0.1, 0.15) is 41.0 Å². The minimum absolute atomic E-state index is 0.118. The largest absolute Gasteiger partial charge is 0.451 e. The Morgan fingerprint density at radius 2 is 1.88 bits per heavy atom. The van der Waals surface area contributed by atoms with Gasteiger partial charge in [-0.15, -0.1) is 0 Å². The SMILES string of the molecule is CC[C@@H](NC(=O)COC(=O)c1n[nH]c2ccccc12)c1ccc(C)cc1. The van der Waals surface area contributed by atoms with Crippen molar-refractivity contribution in [3.8, 4) is 0 Å². The van der Waals surface area contributed by atoms with Crippen molar-refractivity contribution >= 4 is 22.8 Å². The van der Waals surface area contributed by atoms with Gasteiger partial charge in [0.1, 0.15) is 0 Å². The van der Waals surface area contributed by atoms with Crippen LogP contribution in [0, 0.1) is 6.92 Å². The number of amides is 1. The molecule has 1 heterocycles. The van der Waals surface area contributed by atoms with Gasteiger partial charge in [-0.25, -0.2) is 4.79 Å². The second-order valence-corrected chi connectivity index (χ2v) is 6.13. The first kappa shape index (κ1) is 17.7. The number of aryl methyl sites for hydroxylation is 1. The van der Waals surface area contributed by atoms with Crippen LogP contribution in [0.5, 0.6) is 0 Å². The van der Waals surface area contributed by atoms with E-state index in [1.807, 2.05) is 56.3 Å². The van der Waals surface area contributed by atoms with Crippen molar-refractivity contribution in [1.29, 1.82) is 0 Å². The molecule has 1 aromatic heterocycles. The zero-order valence-corrected chi connectivity index (χ0v) is 14.8. The Morgan fingerprint density at radius 1 is 1.15 bits per heavy atom. The number of H-pyrrole nitrogens is 1. The van der Waals surface area contributed by atoms with E-state index in [9.17, 15) is 9.59 Å². The van der Waals surface area contributed by atoms with Crippen molar-refractivity contribution < 1.29 is 14.3 Å². The first-order valence-corrected chi connectivity index (χ1v) is 8.54. The van der Waals surface area contributed by atoms with Gasteiger partial charge in [-0.1, -0.05) is 55.0 Å². The standard InChI is InChI=1S/C20H21N3O3/c1-3-16(14-10-8-13(2)9-11-14)21-18(24)12-26-20(25)19-15-6-4-5-7-17(15)22-23-19/h4-11,16H,3,12H2,1-2H3,(H,21,24)(H,22,23)/t16-/m1/s1. The maximum atomic E-state index is 12.2. The molecule has 1 atom stereocenters. The predicted octanol–water partition coefficient (Wildman–Crippen LogP) is 3.30. The molecule has 0 saturated heterocycles. The van der Waals surface area contributed by atoms with Crippen LogP contribution in [0.25, 0.3) is 10.9 Å². The molecule has 0 saturated carbocycles. The highest BCUT2D eigenvalue weighted by Gasteiger charge is 2.18. The summed E-state index contributed by atoms with van der Waals surface area (Å²) in [6.45, 7) is 3.66. The number of benzene rings is 2. The van der Waals surface area contributed by atoms with Gasteiger partial charge in [-0.2, -0.15) is 5.10 Å². The Kier molecular flexibility index (Phi) is 5.31. The highest BCUT2D eigenvalue weighted by Crippen LogP contribution is 2.18. The first-order chi connectivity index (χ1) is 12.6. The number of fused-ring (bicyclic) bond motifs is 1.